The molecule has 5 bridgehead atoms. The molecule has 7 aliphatic carbocycles. The predicted octanol–water partition coefficient (Wildman–Crippen LogP) is 3.04. The van der Waals surface area contributed by atoms with E-state index in [9.17, 15) is 0 Å². The summed E-state index contributed by atoms with van der Waals surface area (Å²) in [6, 6.07) is 0. The van der Waals surface area contributed by atoms with Gasteiger partial charge in [0.1, 0.15) is 0 Å². The average Bonchev–Trinajstić information content (AvgIpc) is 2.38. The quantitative estimate of drug-likeness (QED) is 0.525. The van der Waals surface area contributed by atoms with Crippen molar-refractivity contribution in [2.45, 2.75) is 44.8 Å². The Morgan fingerprint density at radius 2 is 1.93 bits per heavy atom. The summed E-state index contributed by atoms with van der Waals surface area (Å²) in [5, 5.41) is 0. The smallest absolute Gasteiger partial charge is 0.0682 e. The van der Waals surface area contributed by atoms with Crippen molar-refractivity contribution < 1.29 is 0 Å². The van der Waals surface area contributed by atoms with Crippen LogP contribution in [-0.4, -0.2) is 7.85 Å². The van der Waals surface area contributed by atoms with Crippen LogP contribution in [0, 0.1) is 40.4 Å². The van der Waals surface area contributed by atoms with Gasteiger partial charge < -0.3 is 0 Å². The lowest BCUT2D eigenvalue weighted by Gasteiger charge is -2.71. The van der Waals surface area contributed by atoms with Crippen molar-refractivity contribution in [1.82, 2.24) is 0 Å². The minimum Gasteiger partial charge on any atom is -0.0682 e. The summed E-state index contributed by atoms with van der Waals surface area (Å²) in [6.07, 6.45) is 7.65. The van der Waals surface area contributed by atoms with Gasteiger partial charge >= 0.3 is 0 Å². The largest absolute Gasteiger partial charge is 0.0711 e. The Hall–Kier alpha value is 0.0649. The highest BCUT2D eigenvalue weighted by Crippen LogP contribution is 2.86. The zero-order chi connectivity index (χ0) is 10.00. The van der Waals surface area contributed by atoms with Gasteiger partial charge in [-0.3, -0.25) is 0 Å². The molecule has 0 N–H and O–H groups in total. The van der Waals surface area contributed by atoms with Gasteiger partial charge in [-0.1, -0.05) is 12.7 Å². The predicted molar refractivity (Wildman–Crippen MR) is 60.6 cm³/mol. The molecule has 2 spiro atoms. The van der Waals surface area contributed by atoms with Crippen LogP contribution in [0.25, 0.3) is 0 Å². The first kappa shape index (κ1) is 8.20. The Morgan fingerprint density at radius 1 is 1.13 bits per heavy atom. The SMILES string of the molecule is [B][C@@H]1C2C3CC4(C3)C3CCC1(CC23)[C@H]4C. The van der Waals surface area contributed by atoms with Crippen molar-refractivity contribution in [2.75, 3.05) is 0 Å². The van der Waals surface area contributed by atoms with E-state index in [-0.39, 0.29) is 0 Å². The number of fused-ring (bicyclic) bond motifs is 1. The summed E-state index contributed by atoms with van der Waals surface area (Å²) in [5.74, 6) is 5.70. The zero-order valence-electron chi connectivity index (χ0n) is 9.58. The maximum atomic E-state index is 6.68. The molecule has 15 heavy (non-hydrogen) atoms. The van der Waals surface area contributed by atoms with Crippen LogP contribution in [0.1, 0.15) is 39.0 Å². The molecule has 7 saturated carbocycles. The van der Waals surface area contributed by atoms with Crippen molar-refractivity contribution >= 4 is 7.85 Å². The van der Waals surface area contributed by atoms with E-state index in [0.717, 1.165) is 35.0 Å². The van der Waals surface area contributed by atoms with Gasteiger partial charge in [0.05, 0.1) is 7.85 Å². The van der Waals surface area contributed by atoms with Crippen LogP contribution in [0.15, 0.2) is 0 Å². The normalized spacial score (nSPS) is 77.1. The van der Waals surface area contributed by atoms with Gasteiger partial charge in [0.15, 0.2) is 0 Å². The first-order valence-electron chi connectivity index (χ1n) is 6.95. The standard InChI is InChI=1S/C14H19B/c1-7-13-3-2-10-9(6-13)11(12(13)15)8-4-14(7,10)5-8/h7-12H,2-6H2,1H3/t7-,8?,9?,10?,11?,12-,13?,14?/m1/s1. The van der Waals surface area contributed by atoms with Crippen LogP contribution in [0.4, 0.5) is 0 Å². The van der Waals surface area contributed by atoms with E-state index in [0.29, 0.717) is 11.2 Å². The molecule has 0 heterocycles. The molecule has 0 nitrogen and oxygen atoms in total. The van der Waals surface area contributed by atoms with Crippen LogP contribution in [0.5, 0.6) is 0 Å². The van der Waals surface area contributed by atoms with Crippen LogP contribution < -0.4 is 0 Å². The first-order valence-corrected chi connectivity index (χ1v) is 6.95. The summed E-state index contributed by atoms with van der Waals surface area (Å²) in [6.45, 7) is 2.56. The van der Waals surface area contributed by atoms with Crippen LogP contribution in [0.3, 0.4) is 0 Å². The lowest BCUT2D eigenvalue weighted by molar-refractivity contribution is -0.219. The summed E-state index contributed by atoms with van der Waals surface area (Å²) >= 11 is 0. The van der Waals surface area contributed by atoms with E-state index in [4.69, 9.17) is 7.85 Å². The Kier molecular flexibility index (Phi) is 1.07. The molecule has 0 aromatic carbocycles. The summed E-state index contributed by atoms with van der Waals surface area (Å²) in [7, 11) is 6.68. The Bertz CT molecular complexity index is 354. The Labute approximate surface area is 93.6 Å². The topological polar surface area (TPSA) is 0 Å². The minimum absolute atomic E-state index is 0.583. The summed E-state index contributed by atoms with van der Waals surface area (Å²) in [5.41, 5.74) is 1.41. The molecule has 7 fully saturated rings. The van der Waals surface area contributed by atoms with E-state index in [1.807, 2.05) is 0 Å². The third-order valence-electron chi connectivity index (χ3n) is 7.92. The maximum absolute atomic E-state index is 6.68. The molecule has 7 rings (SSSR count). The van der Waals surface area contributed by atoms with Crippen molar-refractivity contribution in [3.8, 4) is 0 Å². The van der Waals surface area contributed by atoms with Gasteiger partial charge in [-0.15, -0.1) is 0 Å². The molecule has 4 unspecified atom stereocenters. The van der Waals surface area contributed by atoms with Gasteiger partial charge in [0.2, 0.25) is 0 Å². The van der Waals surface area contributed by atoms with E-state index in [2.05, 4.69) is 6.92 Å². The number of hydrogen-bond acceptors (Lipinski definition) is 0. The second-order valence-corrected chi connectivity index (χ2v) is 7.47. The monoisotopic (exact) mass is 198 g/mol. The summed E-state index contributed by atoms with van der Waals surface area (Å²) < 4.78 is 0. The lowest BCUT2D eigenvalue weighted by Crippen LogP contribution is -2.63. The molecule has 6 atom stereocenters. The fourth-order valence-electron chi connectivity index (χ4n) is 7.46. The minimum atomic E-state index is 0.583. The highest BCUT2D eigenvalue weighted by Gasteiger charge is 2.78. The van der Waals surface area contributed by atoms with Gasteiger partial charge in [-0.25, -0.2) is 0 Å². The van der Waals surface area contributed by atoms with Gasteiger partial charge in [0.25, 0.3) is 0 Å². The van der Waals surface area contributed by atoms with Crippen molar-refractivity contribution in [3.05, 3.63) is 0 Å². The first-order chi connectivity index (χ1) is 7.19. The molecule has 78 valence electrons. The van der Waals surface area contributed by atoms with Crippen molar-refractivity contribution in [3.63, 3.8) is 0 Å². The molecule has 0 amide bonds. The van der Waals surface area contributed by atoms with E-state index in [1.165, 1.54) is 19.3 Å². The third kappa shape index (κ3) is 0.549. The molecular formula is C14H19B. The Morgan fingerprint density at radius 3 is 2.73 bits per heavy atom. The van der Waals surface area contributed by atoms with Crippen molar-refractivity contribution in [2.24, 2.45) is 40.4 Å². The number of hydrogen-bond donors (Lipinski definition) is 0. The summed E-state index contributed by atoms with van der Waals surface area (Å²) in [4.78, 5) is 0. The molecule has 0 saturated heterocycles. The average molecular weight is 198 g/mol. The van der Waals surface area contributed by atoms with E-state index >= 15 is 0 Å². The zero-order valence-corrected chi connectivity index (χ0v) is 9.58. The fraction of sp³-hybridized carbons (Fsp3) is 1.00. The molecular weight excluding hydrogens is 179 g/mol. The van der Waals surface area contributed by atoms with Crippen molar-refractivity contribution in [1.29, 1.82) is 0 Å². The molecule has 7 aliphatic rings. The Balaban J connectivity index is 1.83. The van der Waals surface area contributed by atoms with E-state index in [1.54, 1.807) is 12.8 Å². The van der Waals surface area contributed by atoms with Gasteiger partial charge in [0, 0.05) is 0 Å². The van der Waals surface area contributed by atoms with Crippen LogP contribution >= 0.6 is 0 Å². The van der Waals surface area contributed by atoms with E-state index < -0.39 is 0 Å². The molecule has 2 radical (unpaired) electrons. The second-order valence-electron chi connectivity index (χ2n) is 7.47. The molecule has 0 aromatic heterocycles. The van der Waals surface area contributed by atoms with Gasteiger partial charge in [-0.2, -0.15) is 0 Å². The van der Waals surface area contributed by atoms with Crippen LogP contribution in [-0.2, 0) is 0 Å². The molecule has 1 heteroatoms. The van der Waals surface area contributed by atoms with Crippen LogP contribution in [0.2, 0.25) is 5.82 Å². The molecule has 0 aromatic rings. The lowest BCUT2D eigenvalue weighted by atomic mass is 9.34. The van der Waals surface area contributed by atoms with Gasteiger partial charge in [-0.05, 0) is 72.5 Å². The second kappa shape index (κ2) is 1.95. The maximum Gasteiger partial charge on any atom is 0.0711 e. The third-order valence-corrected chi connectivity index (χ3v) is 7.92. The number of rotatable bonds is 0. The highest BCUT2D eigenvalue weighted by molar-refractivity contribution is 6.13. The highest BCUT2D eigenvalue weighted by atomic mass is 14.8. The molecule has 0 aliphatic heterocycles. The fourth-order valence-corrected chi connectivity index (χ4v) is 7.46.